The monoisotopic (exact) mass is 243 g/mol. The van der Waals surface area contributed by atoms with Gasteiger partial charge in [0.25, 0.3) is 0 Å². The van der Waals surface area contributed by atoms with E-state index in [1.807, 2.05) is 6.07 Å². The Kier molecular flexibility index (Phi) is 3.38. The predicted octanol–water partition coefficient (Wildman–Crippen LogP) is 2.31. The van der Waals surface area contributed by atoms with Gasteiger partial charge >= 0.3 is 0 Å². The van der Waals surface area contributed by atoms with Crippen molar-refractivity contribution in [3.05, 3.63) is 28.3 Å². The summed E-state index contributed by atoms with van der Waals surface area (Å²) in [7, 11) is -3.39. The second-order valence-electron chi connectivity index (χ2n) is 3.11. The number of nitrogens with zero attached hydrogens (tertiary/aromatic N) is 1. The van der Waals surface area contributed by atoms with Crippen LogP contribution in [0.15, 0.2) is 17.0 Å². The highest BCUT2D eigenvalue weighted by molar-refractivity contribution is 7.91. The summed E-state index contributed by atoms with van der Waals surface area (Å²) in [6.45, 7) is 3.20. The molecule has 0 heterocycles. The Morgan fingerprint density at radius 3 is 2.53 bits per heavy atom. The fourth-order valence-electron chi connectivity index (χ4n) is 1.26. The summed E-state index contributed by atoms with van der Waals surface area (Å²) in [5, 5.41) is 9.22. The Bertz CT molecular complexity index is 529. The molecule has 0 aliphatic carbocycles. The van der Waals surface area contributed by atoms with E-state index in [1.54, 1.807) is 13.0 Å². The second kappa shape index (κ2) is 4.21. The minimum atomic E-state index is -3.39. The zero-order chi connectivity index (χ0) is 11.6. The van der Waals surface area contributed by atoms with Crippen molar-refractivity contribution in [1.29, 1.82) is 5.26 Å². The molecule has 15 heavy (non-hydrogen) atoms. The molecular weight excluding hydrogens is 234 g/mol. The molecule has 0 aliphatic heterocycles. The lowest BCUT2D eigenvalue weighted by Gasteiger charge is -2.07. The molecule has 0 aromatic heterocycles. The van der Waals surface area contributed by atoms with Crippen LogP contribution in [0.5, 0.6) is 0 Å². The van der Waals surface area contributed by atoms with Crippen LogP contribution in [0.25, 0.3) is 0 Å². The maximum Gasteiger partial charge on any atom is 0.179 e. The third kappa shape index (κ3) is 2.31. The van der Waals surface area contributed by atoms with E-state index < -0.39 is 9.84 Å². The summed E-state index contributed by atoms with van der Waals surface area (Å²) in [5.74, 6) is -0.0402. The normalized spacial score (nSPS) is 11.1. The fourth-order valence-corrected chi connectivity index (χ4v) is 2.73. The molecule has 1 rings (SSSR count). The molecule has 0 saturated carbocycles. The molecule has 0 bridgehead atoms. The maximum atomic E-state index is 11.7. The zero-order valence-corrected chi connectivity index (χ0v) is 9.98. The summed E-state index contributed by atoms with van der Waals surface area (Å²) in [4.78, 5) is 0.0255. The van der Waals surface area contributed by atoms with Gasteiger partial charge in [0.05, 0.1) is 16.2 Å². The van der Waals surface area contributed by atoms with Gasteiger partial charge in [-0.25, -0.2) is 8.42 Å². The lowest BCUT2D eigenvalue weighted by Crippen LogP contribution is -2.07. The van der Waals surface area contributed by atoms with Crippen LogP contribution in [0.3, 0.4) is 0 Å². The van der Waals surface area contributed by atoms with E-state index in [4.69, 9.17) is 16.9 Å². The van der Waals surface area contributed by atoms with Gasteiger partial charge in [0.15, 0.2) is 9.84 Å². The minimum absolute atomic E-state index is 0.0255. The second-order valence-corrected chi connectivity index (χ2v) is 5.79. The topological polar surface area (TPSA) is 57.9 Å². The van der Waals surface area contributed by atoms with Gasteiger partial charge in [-0.05, 0) is 24.6 Å². The Labute approximate surface area is 94.2 Å². The summed E-state index contributed by atoms with van der Waals surface area (Å²) >= 11 is 5.77. The molecule has 0 atom stereocenters. The van der Waals surface area contributed by atoms with Crippen LogP contribution in [-0.2, 0) is 9.84 Å². The standard InChI is InChI=1S/C10H10ClNO2S/c1-3-15(13,14)10-5-8(11)4-7(2)9(10)6-12/h4-5H,3H2,1-2H3. The molecule has 5 heteroatoms. The number of hydrogen-bond donors (Lipinski definition) is 0. The van der Waals surface area contributed by atoms with Crippen molar-refractivity contribution in [2.75, 3.05) is 5.75 Å². The Hall–Kier alpha value is -1.05. The third-order valence-electron chi connectivity index (χ3n) is 2.09. The lowest BCUT2D eigenvalue weighted by molar-refractivity contribution is 0.597. The summed E-state index contributed by atoms with van der Waals surface area (Å²) in [6, 6.07) is 4.80. The number of benzene rings is 1. The average Bonchev–Trinajstić information content (AvgIpc) is 2.16. The first-order chi connectivity index (χ1) is 6.92. The smallest absolute Gasteiger partial charge is 0.179 e. The molecule has 0 N–H and O–H groups in total. The van der Waals surface area contributed by atoms with Gasteiger partial charge in [-0.3, -0.25) is 0 Å². The molecule has 0 saturated heterocycles. The number of rotatable bonds is 2. The van der Waals surface area contributed by atoms with E-state index in [9.17, 15) is 8.42 Å². The largest absolute Gasteiger partial charge is 0.224 e. The van der Waals surface area contributed by atoms with Crippen LogP contribution >= 0.6 is 11.6 Å². The van der Waals surface area contributed by atoms with E-state index in [0.29, 0.717) is 10.6 Å². The molecule has 0 amide bonds. The first-order valence-corrected chi connectivity index (χ1v) is 6.38. The van der Waals surface area contributed by atoms with E-state index in [0.717, 1.165) is 0 Å². The quantitative estimate of drug-likeness (QED) is 0.801. The van der Waals surface area contributed by atoms with E-state index in [-0.39, 0.29) is 16.2 Å². The fraction of sp³-hybridized carbons (Fsp3) is 0.300. The molecule has 0 radical (unpaired) electrons. The lowest BCUT2D eigenvalue weighted by atomic mass is 10.1. The van der Waals surface area contributed by atoms with E-state index in [1.165, 1.54) is 13.0 Å². The number of sulfone groups is 1. The highest BCUT2D eigenvalue weighted by Crippen LogP contribution is 2.24. The minimum Gasteiger partial charge on any atom is -0.224 e. The highest BCUT2D eigenvalue weighted by atomic mass is 35.5. The van der Waals surface area contributed by atoms with Crippen LogP contribution < -0.4 is 0 Å². The Morgan fingerprint density at radius 2 is 2.07 bits per heavy atom. The molecule has 1 aromatic carbocycles. The van der Waals surface area contributed by atoms with Crippen LogP contribution in [0.2, 0.25) is 5.02 Å². The van der Waals surface area contributed by atoms with Gasteiger partial charge in [0.1, 0.15) is 6.07 Å². The van der Waals surface area contributed by atoms with Gasteiger partial charge in [-0.15, -0.1) is 0 Å². The van der Waals surface area contributed by atoms with E-state index in [2.05, 4.69) is 0 Å². The van der Waals surface area contributed by atoms with Crippen molar-refractivity contribution in [3.8, 4) is 6.07 Å². The van der Waals surface area contributed by atoms with Crippen molar-refractivity contribution in [2.24, 2.45) is 0 Å². The molecule has 0 fully saturated rings. The van der Waals surface area contributed by atoms with Gasteiger partial charge in [0, 0.05) is 5.02 Å². The number of halogens is 1. The summed E-state index contributed by atoms with van der Waals surface area (Å²) in [6.07, 6.45) is 0. The van der Waals surface area contributed by atoms with Crippen molar-refractivity contribution < 1.29 is 8.42 Å². The molecule has 0 spiro atoms. The first kappa shape index (κ1) is 12.0. The predicted molar refractivity (Wildman–Crippen MR) is 58.6 cm³/mol. The number of nitriles is 1. The molecular formula is C10H10ClNO2S. The number of aryl methyl sites for hydroxylation is 1. The Morgan fingerprint density at radius 1 is 1.47 bits per heavy atom. The van der Waals surface area contributed by atoms with Crippen molar-refractivity contribution in [2.45, 2.75) is 18.7 Å². The molecule has 1 aromatic rings. The van der Waals surface area contributed by atoms with Crippen molar-refractivity contribution in [1.82, 2.24) is 0 Å². The zero-order valence-electron chi connectivity index (χ0n) is 8.41. The van der Waals surface area contributed by atoms with Crippen LogP contribution in [0.4, 0.5) is 0 Å². The molecule has 3 nitrogen and oxygen atoms in total. The highest BCUT2D eigenvalue weighted by Gasteiger charge is 2.18. The maximum absolute atomic E-state index is 11.7. The van der Waals surface area contributed by atoms with Crippen molar-refractivity contribution >= 4 is 21.4 Å². The Balaban J connectivity index is 3.63. The molecule has 0 aliphatic rings. The van der Waals surface area contributed by atoms with Gasteiger partial charge in [-0.1, -0.05) is 18.5 Å². The average molecular weight is 244 g/mol. The first-order valence-electron chi connectivity index (χ1n) is 4.35. The summed E-state index contributed by atoms with van der Waals surface area (Å²) < 4.78 is 23.4. The van der Waals surface area contributed by atoms with Crippen molar-refractivity contribution in [3.63, 3.8) is 0 Å². The van der Waals surface area contributed by atoms with Crippen LogP contribution in [-0.4, -0.2) is 14.2 Å². The molecule has 0 unspecified atom stereocenters. The van der Waals surface area contributed by atoms with Crippen LogP contribution in [0, 0.1) is 18.3 Å². The van der Waals surface area contributed by atoms with Gasteiger partial charge in [0.2, 0.25) is 0 Å². The van der Waals surface area contributed by atoms with E-state index >= 15 is 0 Å². The van der Waals surface area contributed by atoms with Gasteiger partial charge < -0.3 is 0 Å². The van der Waals surface area contributed by atoms with Gasteiger partial charge in [-0.2, -0.15) is 5.26 Å². The van der Waals surface area contributed by atoms with Crippen LogP contribution in [0.1, 0.15) is 18.1 Å². The third-order valence-corrected chi connectivity index (χ3v) is 4.06. The SMILES string of the molecule is CCS(=O)(=O)c1cc(Cl)cc(C)c1C#N. The number of hydrogen-bond acceptors (Lipinski definition) is 3. The summed E-state index contributed by atoms with van der Waals surface area (Å²) in [5.41, 5.74) is 0.762. The molecule has 80 valence electrons.